The average Bonchev–Trinajstić information content (AvgIpc) is 3.30. The molecule has 128 valence electrons. The Morgan fingerprint density at radius 3 is 2.83 bits per heavy atom. The van der Waals surface area contributed by atoms with Crippen LogP contribution in [0.25, 0.3) is 0 Å². The van der Waals surface area contributed by atoms with E-state index in [1.54, 1.807) is 0 Å². The second-order valence-electron chi connectivity index (χ2n) is 6.91. The van der Waals surface area contributed by atoms with Crippen LogP contribution >= 0.6 is 11.3 Å². The number of likely N-dealkylation sites (tertiary alicyclic amines) is 1. The van der Waals surface area contributed by atoms with Gasteiger partial charge in [-0.1, -0.05) is 11.3 Å². The van der Waals surface area contributed by atoms with E-state index < -0.39 is 0 Å². The van der Waals surface area contributed by atoms with Crippen LogP contribution < -0.4 is 5.32 Å². The molecule has 23 heavy (non-hydrogen) atoms. The monoisotopic (exact) mass is 337 g/mol. The number of carbonyl (C=O) groups excluding carboxylic acids is 1. The smallest absolute Gasteiger partial charge is 0.227 e. The molecule has 1 N–H and O–H groups in total. The zero-order valence-electron chi connectivity index (χ0n) is 14.1. The minimum absolute atomic E-state index is 0.0527. The Kier molecular flexibility index (Phi) is 5.61. The van der Waals surface area contributed by atoms with E-state index in [1.165, 1.54) is 43.4 Å². The van der Waals surface area contributed by atoms with Gasteiger partial charge < -0.3 is 15.1 Å². The molecule has 2 fully saturated rings. The van der Waals surface area contributed by atoms with Crippen LogP contribution in [0.3, 0.4) is 0 Å². The predicted octanol–water partition coefficient (Wildman–Crippen LogP) is 2.16. The standard InChI is InChI=1S/C16H27N5OS/c1-20(2)13-4-3-9-21(10-7-13)11-8-14(22)17-16-19-18-15(23-16)12-5-6-12/h12-13H,3-11H2,1-2H3,(H,17,19,22)/t13-/m0/s1. The van der Waals surface area contributed by atoms with E-state index in [-0.39, 0.29) is 5.91 Å². The molecule has 0 radical (unpaired) electrons. The normalized spacial score (nSPS) is 23.0. The second kappa shape index (κ2) is 7.68. The van der Waals surface area contributed by atoms with Crippen LogP contribution in [0.2, 0.25) is 0 Å². The molecule has 1 atom stereocenters. The van der Waals surface area contributed by atoms with Gasteiger partial charge in [-0.2, -0.15) is 0 Å². The van der Waals surface area contributed by atoms with Crippen molar-refractivity contribution in [1.82, 2.24) is 20.0 Å². The van der Waals surface area contributed by atoms with E-state index in [2.05, 4.69) is 39.4 Å². The molecule has 1 aromatic rings. The van der Waals surface area contributed by atoms with Crippen molar-refractivity contribution in [2.45, 2.75) is 50.5 Å². The van der Waals surface area contributed by atoms with Crippen LogP contribution in [0.5, 0.6) is 0 Å². The van der Waals surface area contributed by atoms with E-state index in [1.807, 2.05) is 0 Å². The van der Waals surface area contributed by atoms with E-state index in [0.717, 1.165) is 24.6 Å². The summed E-state index contributed by atoms with van der Waals surface area (Å²) < 4.78 is 0. The predicted molar refractivity (Wildman–Crippen MR) is 92.9 cm³/mol. The van der Waals surface area contributed by atoms with Gasteiger partial charge in [0.15, 0.2) is 0 Å². The summed E-state index contributed by atoms with van der Waals surface area (Å²) >= 11 is 1.53. The summed E-state index contributed by atoms with van der Waals surface area (Å²) in [4.78, 5) is 16.8. The molecule has 1 saturated heterocycles. The van der Waals surface area contributed by atoms with Crippen molar-refractivity contribution in [2.75, 3.05) is 39.0 Å². The molecule has 6 nitrogen and oxygen atoms in total. The quantitative estimate of drug-likeness (QED) is 0.862. The number of hydrogen-bond acceptors (Lipinski definition) is 6. The molecule has 0 bridgehead atoms. The molecule has 3 rings (SSSR count). The van der Waals surface area contributed by atoms with Gasteiger partial charge in [0.1, 0.15) is 5.01 Å². The number of aromatic nitrogens is 2. The number of anilines is 1. The fraction of sp³-hybridized carbons (Fsp3) is 0.812. The number of nitrogens with one attached hydrogen (secondary N) is 1. The number of amides is 1. The van der Waals surface area contributed by atoms with E-state index in [9.17, 15) is 4.79 Å². The van der Waals surface area contributed by atoms with Crippen LogP contribution in [0.1, 0.15) is 49.5 Å². The van der Waals surface area contributed by atoms with Gasteiger partial charge in [0.25, 0.3) is 0 Å². The first-order valence-corrected chi connectivity index (χ1v) is 9.45. The van der Waals surface area contributed by atoms with Crippen molar-refractivity contribution in [3.05, 3.63) is 5.01 Å². The van der Waals surface area contributed by atoms with Gasteiger partial charge in [0, 0.05) is 24.9 Å². The van der Waals surface area contributed by atoms with Gasteiger partial charge in [0.05, 0.1) is 0 Å². The summed E-state index contributed by atoms with van der Waals surface area (Å²) in [7, 11) is 4.32. The van der Waals surface area contributed by atoms with E-state index in [0.29, 0.717) is 23.5 Å². The van der Waals surface area contributed by atoms with Crippen molar-refractivity contribution in [3.8, 4) is 0 Å². The molecular formula is C16H27N5OS. The Hall–Kier alpha value is -1.05. The summed E-state index contributed by atoms with van der Waals surface area (Å²) in [5.41, 5.74) is 0. The Bertz CT molecular complexity index is 528. The Labute approximate surface area is 142 Å². The Balaban J connectivity index is 1.39. The highest BCUT2D eigenvalue weighted by atomic mass is 32.1. The van der Waals surface area contributed by atoms with Crippen molar-refractivity contribution < 1.29 is 4.79 Å². The highest BCUT2D eigenvalue weighted by Crippen LogP contribution is 2.42. The summed E-state index contributed by atoms with van der Waals surface area (Å²) in [5.74, 6) is 0.650. The highest BCUT2D eigenvalue weighted by molar-refractivity contribution is 7.15. The maximum Gasteiger partial charge on any atom is 0.227 e. The molecule has 0 unspecified atom stereocenters. The Morgan fingerprint density at radius 1 is 1.26 bits per heavy atom. The zero-order valence-corrected chi connectivity index (χ0v) is 14.9. The van der Waals surface area contributed by atoms with Crippen molar-refractivity contribution in [1.29, 1.82) is 0 Å². The van der Waals surface area contributed by atoms with Gasteiger partial charge >= 0.3 is 0 Å². The third-order valence-electron chi connectivity index (χ3n) is 4.79. The number of carbonyl (C=O) groups is 1. The third kappa shape index (κ3) is 4.96. The first kappa shape index (κ1) is 16.8. The van der Waals surface area contributed by atoms with Gasteiger partial charge in [-0.15, -0.1) is 10.2 Å². The first-order valence-electron chi connectivity index (χ1n) is 8.64. The van der Waals surface area contributed by atoms with Crippen molar-refractivity contribution in [3.63, 3.8) is 0 Å². The molecule has 2 heterocycles. The van der Waals surface area contributed by atoms with Gasteiger partial charge in [-0.05, 0) is 59.3 Å². The van der Waals surface area contributed by atoms with Crippen LogP contribution in [-0.2, 0) is 4.79 Å². The lowest BCUT2D eigenvalue weighted by atomic mass is 10.1. The fourth-order valence-electron chi connectivity index (χ4n) is 3.10. The SMILES string of the molecule is CN(C)[C@H]1CCCN(CCC(=O)Nc2nnc(C3CC3)s2)CC1. The summed E-state index contributed by atoms with van der Waals surface area (Å²) in [6.45, 7) is 3.02. The Morgan fingerprint density at radius 2 is 2.09 bits per heavy atom. The molecule has 1 aliphatic carbocycles. The minimum Gasteiger partial charge on any atom is -0.306 e. The lowest BCUT2D eigenvalue weighted by molar-refractivity contribution is -0.116. The molecule has 1 aliphatic heterocycles. The number of hydrogen-bond donors (Lipinski definition) is 1. The summed E-state index contributed by atoms with van der Waals surface area (Å²) in [5, 5.41) is 12.9. The average molecular weight is 337 g/mol. The van der Waals surface area contributed by atoms with Gasteiger partial charge in [-0.3, -0.25) is 4.79 Å². The number of nitrogens with zero attached hydrogens (tertiary/aromatic N) is 4. The van der Waals surface area contributed by atoms with Crippen LogP contribution in [-0.4, -0.2) is 65.7 Å². The lowest BCUT2D eigenvalue weighted by Crippen LogP contribution is -2.31. The molecule has 7 heteroatoms. The molecule has 1 aromatic heterocycles. The van der Waals surface area contributed by atoms with Crippen LogP contribution in [0.4, 0.5) is 5.13 Å². The van der Waals surface area contributed by atoms with Crippen LogP contribution in [0.15, 0.2) is 0 Å². The molecule has 2 aliphatic rings. The molecular weight excluding hydrogens is 310 g/mol. The van der Waals surface area contributed by atoms with Gasteiger partial charge in [-0.25, -0.2) is 0 Å². The fourth-order valence-corrected chi connectivity index (χ4v) is 4.03. The second-order valence-corrected chi connectivity index (χ2v) is 7.92. The third-order valence-corrected chi connectivity index (χ3v) is 5.79. The summed E-state index contributed by atoms with van der Waals surface area (Å²) in [6, 6.07) is 0.677. The molecule has 0 spiro atoms. The van der Waals surface area contributed by atoms with Crippen LogP contribution in [0, 0.1) is 0 Å². The van der Waals surface area contributed by atoms with Crippen molar-refractivity contribution in [2.24, 2.45) is 0 Å². The number of rotatable bonds is 6. The van der Waals surface area contributed by atoms with E-state index >= 15 is 0 Å². The first-order chi connectivity index (χ1) is 11.1. The topological polar surface area (TPSA) is 61.4 Å². The maximum absolute atomic E-state index is 12.1. The lowest BCUT2D eigenvalue weighted by Gasteiger charge is -2.23. The molecule has 0 aromatic carbocycles. The summed E-state index contributed by atoms with van der Waals surface area (Å²) in [6.07, 6.45) is 6.62. The van der Waals surface area contributed by atoms with Crippen molar-refractivity contribution >= 4 is 22.4 Å². The minimum atomic E-state index is 0.0527. The zero-order chi connectivity index (χ0) is 16.2. The largest absolute Gasteiger partial charge is 0.306 e. The molecule has 1 saturated carbocycles. The maximum atomic E-state index is 12.1. The van der Waals surface area contributed by atoms with Gasteiger partial charge in [0.2, 0.25) is 11.0 Å². The highest BCUT2D eigenvalue weighted by Gasteiger charge is 2.27. The van der Waals surface area contributed by atoms with E-state index in [4.69, 9.17) is 0 Å². The molecule has 1 amide bonds.